The van der Waals surface area contributed by atoms with Crippen LogP contribution in [0.15, 0.2) is 30.3 Å². The highest BCUT2D eigenvalue weighted by atomic mass is 16.5. The number of carbonyl (C=O) groups excluding carboxylic acids is 2. The number of Topliss-reactive ketones (excluding diaryl/α,β-unsaturated/α-hetero) is 1. The van der Waals surface area contributed by atoms with E-state index in [0.717, 1.165) is 11.4 Å². The molecule has 0 unspecified atom stereocenters. The van der Waals surface area contributed by atoms with Crippen molar-refractivity contribution in [3.05, 3.63) is 53.1 Å². The SMILES string of the molecule is CC(=O)c1ccc(OC(=O)c2nc3nc(C)cc(C)n3n2)cc1. The van der Waals surface area contributed by atoms with Gasteiger partial charge in [-0.3, -0.25) is 4.79 Å². The molecule has 3 rings (SSSR count). The third kappa shape index (κ3) is 2.94. The third-order valence-corrected chi connectivity index (χ3v) is 3.27. The van der Waals surface area contributed by atoms with Gasteiger partial charge in [-0.15, -0.1) is 5.10 Å². The Morgan fingerprint density at radius 3 is 2.43 bits per heavy atom. The summed E-state index contributed by atoms with van der Waals surface area (Å²) in [5.41, 5.74) is 2.16. The molecule has 0 aliphatic heterocycles. The van der Waals surface area contributed by atoms with Gasteiger partial charge in [0.1, 0.15) is 5.75 Å². The molecule has 2 aromatic heterocycles. The maximum Gasteiger partial charge on any atom is 0.383 e. The van der Waals surface area contributed by atoms with Crippen LogP contribution in [-0.2, 0) is 0 Å². The van der Waals surface area contributed by atoms with Gasteiger partial charge in [0, 0.05) is 17.0 Å². The van der Waals surface area contributed by atoms with Crippen LogP contribution in [0, 0.1) is 13.8 Å². The Morgan fingerprint density at radius 2 is 1.78 bits per heavy atom. The second-order valence-electron chi connectivity index (χ2n) is 5.16. The number of fused-ring (bicyclic) bond motifs is 1. The van der Waals surface area contributed by atoms with Crippen LogP contribution in [0.2, 0.25) is 0 Å². The van der Waals surface area contributed by atoms with E-state index in [1.165, 1.54) is 11.4 Å². The minimum absolute atomic E-state index is 0.0539. The van der Waals surface area contributed by atoms with Crippen LogP contribution >= 0.6 is 0 Å². The zero-order chi connectivity index (χ0) is 16.6. The second kappa shape index (κ2) is 5.60. The number of aromatic nitrogens is 4. The smallest absolute Gasteiger partial charge is 0.383 e. The highest BCUT2D eigenvalue weighted by Gasteiger charge is 2.17. The van der Waals surface area contributed by atoms with Gasteiger partial charge in [0.15, 0.2) is 5.78 Å². The van der Waals surface area contributed by atoms with Crippen molar-refractivity contribution < 1.29 is 14.3 Å². The topological polar surface area (TPSA) is 86.5 Å². The fourth-order valence-corrected chi connectivity index (χ4v) is 2.16. The van der Waals surface area contributed by atoms with Crippen molar-refractivity contribution in [2.24, 2.45) is 0 Å². The number of rotatable bonds is 3. The molecular formula is C16H14N4O3. The summed E-state index contributed by atoms with van der Waals surface area (Å²) in [4.78, 5) is 31.7. The summed E-state index contributed by atoms with van der Waals surface area (Å²) in [6.07, 6.45) is 0. The Bertz CT molecular complexity index is 913. The van der Waals surface area contributed by atoms with Crippen molar-refractivity contribution in [1.82, 2.24) is 19.6 Å². The molecule has 7 heteroatoms. The van der Waals surface area contributed by atoms with E-state index in [1.54, 1.807) is 24.3 Å². The third-order valence-electron chi connectivity index (χ3n) is 3.27. The maximum atomic E-state index is 12.1. The predicted octanol–water partition coefficient (Wildman–Crippen LogP) is 2.16. The molecule has 23 heavy (non-hydrogen) atoms. The molecule has 2 heterocycles. The first-order valence-electron chi connectivity index (χ1n) is 6.98. The molecule has 0 spiro atoms. The van der Waals surface area contributed by atoms with Gasteiger partial charge in [0.2, 0.25) is 0 Å². The number of nitrogens with zero attached hydrogens (tertiary/aromatic N) is 4. The summed E-state index contributed by atoms with van der Waals surface area (Å²) in [6, 6.07) is 8.14. The number of carbonyl (C=O) groups is 2. The second-order valence-corrected chi connectivity index (χ2v) is 5.16. The fraction of sp³-hybridized carbons (Fsp3) is 0.188. The van der Waals surface area contributed by atoms with E-state index in [4.69, 9.17) is 4.74 Å². The molecule has 7 nitrogen and oxygen atoms in total. The van der Waals surface area contributed by atoms with E-state index in [0.29, 0.717) is 17.1 Å². The molecule has 0 atom stereocenters. The Balaban J connectivity index is 1.85. The lowest BCUT2D eigenvalue weighted by Crippen LogP contribution is -2.11. The average molecular weight is 310 g/mol. The first-order chi connectivity index (χ1) is 10.9. The van der Waals surface area contributed by atoms with Crippen LogP contribution < -0.4 is 4.74 Å². The van der Waals surface area contributed by atoms with E-state index in [-0.39, 0.29) is 11.6 Å². The molecule has 1 aromatic carbocycles. The zero-order valence-electron chi connectivity index (χ0n) is 12.9. The quantitative estimate of drug-likeness (QED) is 0.418. The number of hydrogen-bond acceptors (Lipinski definition) is 6. The van der Waals surface area contributed by atoms with E-state index >= 15 is 0 Å². The molecule has 0 amide bonds. The largest absolute Gasteiger partial charge is 0.421 e. The first kappa shape index (κ1) is 14.8. The average Bonchev–Trinajstić information content (AvgIpc) is 2.92. The van der Waals surface area contributed by atoms with Crippen LogP contribution in [0.1, 0.15) is 39.3 Å². The van der Waals surface area contributed by atoms with Gasteiger partial charge in [-0.1, -0.05) is 0 Å². The molecule has 0 saturated carbocycles. The van der Waals surface area contributed by atoms with Crippen LogP contribution in [0.5, 0.6) is 5.75 Å². The summed E-state index contributed by atoms with van der Waals surface area (Å²) in [6.45, 7) is 5.17. The van der Waals surface area contributed by atoms with E-state index < -0.39 is 5.97 Å². The number of aryl methyl sites for hydroxylation is 2. The maximum absolute atomic E-state index is 12.1. The molecule has 0 aliphatic rings. The summed E-state index contributed by atoms with van der Waals surface area (Å²) >= 11 is 0. The predicted molar refractivity (Wildman–Crippen MR) is 81.7 cm³/mol. The van der Waals surface area contributed by atoms with Crippen molar-refractivity contribution in [3.8, 4) is 5.75 Å². The molecule has 0 aliphatic carbocycles. The first-order valence-corrected chi connectivity index (χ1v) is 6.98. The highest BCUT2D eigenvalue weighted by molar-refractivity contribution is 5.94. The molecule has 0 saturated heterocycles. The Labute approximate surface area is 131 Å². The molecule has 3 aromatic rings. The molecule has 0 bridgehead atoms. The molecular weight excluding hydrogens is 296 g/mol. The summed E-state index contributed by atoms with van der Waals surface area (Å²) in [7, 11) is 0. The van der Waals surface area contributed by atoms with Gasteiger partial charge in [-0.2, -0.15) is 4.98 Å². The number of hydrogen-bond donors (Lipinski definition) is 0. The number of ether oxygens (including phenoxy) is 1. The van der Waals surface area contributed by atoms with Crippen molar-refractivity contribution in [3.63, 3.8) is 0 Å². The standard InChI is InChI=1S/C16H14N4O3/c1-9-8-10(2)20-16(17-9)18-14(19-20)15(22)23-13-6-4-12(5-7-13)11(3)21/h4-8H,1-3H3. The van der Waals surface area contributed by atoms with Crippen molar-refractivity contribution in [1.29, 1.82) is 0 Å². The van der Waals surface area contributed by atoms with Gasteiger partial charge in [-0.25, -0.2) is 14.3 Å². The Morgan fingerprint density at radius 1 is 1.09 bits per heavy atom. The number of ketones is 1. The molecule has 116 valence electrons. The Hall–Kier alpha value is -3.09. The number of esters is 1. The monoisotopic (exact) mass is 310 g/mol. The van der Waals surface area contributed by atoms with Gasteiger partial charge in [-0.05, 0) is 51.1 Å². The van der Waals surface area contributed by atoms with Gasteiger partial charge in [0.05, 0.1) is 0 Å². The van der Waals surface area contributed by atoms with Gasteiger partial charge < -0.3 is 4.74 Å². The van der Waals surface area contributed by atoms with Crippen molar-refractivity contribution in [2.75, 3.05) is 0 Å². The minimum atomic E-state index is -0.678. The van der Waals surface area contributed by atoms with Crippen molar-refractivity contribution >= 4 is 17.5 Å². The van der Waals surface area contributed by atoms with Crippen LogP contribution in [0.25, 0.3) is 5.78 Å². The highest BCUT2D eigenvalue weighted by Crippen LogP contribution is 2.14. The minimum Gasteiger partial charge on any atom is -0.421 e. The van der Waals surface area contributed by atoms with E-state index in [2.05, 4.69) is 15.1 Å². The summed E-state index contributed by atoms with van der Waals surface area (Å²) < 4.78 is 6.71. The van der Waals surface area contributed by atoms with Crippen LogP contribution in [0.3, 0.4) is 0 Å². The van der Waals surface area contributed by atoms with Crippen LogP contribution in [0.4, 0.5) is 0 Å². The fourth-order valence-electron chi connectivity index (χ4n) is 2.16. The summed E-state index contributed by atoms with van der Waals surface area (Å²) in [5, 5.41) is 4.11. The number of benzene rings is 1. The lowest BCUT2D eigenvalue weighted by atomic mass is 10.1. The van der Waals surface area contributed by atoms with Crippen molar-refractivity contribution in [2.45, 2.75) is 20.8 Å². The van der Waals surface area contributed by atoms with Gasteiger partial charge >= 0.3 is 5.97 Å². The zero-order valence-corrected chi connectivity index (χ0v) is 12.9. The lowest BCUT2D eigenvalue weighted by molar-refractivity contribution is 0.0722. The summed E-state index contributed by atoms with van der Waals surface area (Å²) in [5.74, 6) is -0.132. The van der Waals surface area contributed by atoms with E-state index in [9.17, 15) is 9.59 Å². The molecule has 0 fully saturated rings. The lowest BCUT2D eigenvalue weighted by Gasteiger charge is -2.02. The van der Waals surface area contributed by atoms with Crippen LogP contribution in [-0.4, -0.2) is 31.3 Å². The molecule has 0 radical (unpaired) electrons. The van der Waals surface area contributed by atoms with Gasteiger partial charge in [0.25, 0.3) is 11.6 Å². The normalized spacial score (nSPS) is 10.7. The Kier molecular flexibility index (Phi) is 3.61. The molecule has 0 N–H and O–H groups in total. The van der Waals surface area contributed by atoms with E-state index in [1.807, 2.05) is 19.9 Å².